The Balaban J connectivity index is 0.812. The second-order valence-corrected chi connectivity index (χ2v) is 28.1. The number of fused-ring (bicyclic) bond motifs is 7. The highest BCUT2D eigenvalue weighted by Crippen LogP contribution is 2.78. The molecule has 0 aromatic heterocycles. The van der Waals surface area contributed by atoms with Gasteiger partial charge in [0.1, 0.15) is 104 Å². The fourth-order valence-electron chi connectivity index (χ4n) is 18.4. The normalized spacial score (nSPS) is 55.6. The van der Waals surface area contributed by atoms with Gasteiger partial charge in [0.05, 0.1) is 43.5 Å². The maximum atomic E-state index is 15.2. The number of aliphatic hydroxyl groups excluding tert-OH is 14. The molecule has 0 aromatic carbocycles. The maximum absolute atomic E-state index is 15.2. The van der Waals surface area contributed by atoms with Crippen molar-refractivity contribution in [2.45, 2.75) is 273 Å². The third-order valence-electron chi connectivity index (χ3n) is 23.5. The summed E-state index contributed by atoms with van der Waals surface area (Å²) in [4.78, 5) is 15.2. The van der Waals surface area contributed by atoms with Crippen molar-refractivity contribution < 1.29 is 124 Å². The van der Waals surface area contributed by atoms with Crippen molar-refractivity contribution in [3.05, 3.63) is 12.2 Å². The summed E-state index contributed by atoms with van der Waals surface area (Å²) in [5, 5.41) is 151. The lowest BCUT2D eigenvalue weighted by Crippen LogP contribution is -2.68. The van der Waals surface area contributed by atoms with E-state index in [9.17, 15) is 71.5 Å². The SMILES string of the molecule is C=C(C)[C@@H]1CC[C@]2(C(=O)O[C@@H]3O[C@H](CO[C@@H]4O[C@H](CO)[C@@H](O[C@@H]5O[C@@H](C)[C@H](O)[C@@H](O)[C@H]5O)[C@H](O)[C@H]4O)[C@@H](O)[C@H](O)[C@H]3O)CC[C@]3(C)[C@H](CC[C@@H]4[C@@]5(C)CC[C@H](O[C@@H]6OC[C@H](O)[C@H](O)[C@H]6O[C@@H]6O[C@@H](C)[C@H](O)[C@@H](O)[C@H]6O)C(C)(C)[C@@H]5CC[C@]43C)[C@@H]12. The maximum Gasteiger partial charge on any atom is 0.314 e. The molecule has 0 bridgehead atoms. The highest BCUT2D eigenvalue weighted by Gasteiger charge is 2.73. The fourth-order valence-corrected chi connectivity index (χ4v) is 18.4. The quantitative estimate of drug-likeness (QED) is 0.0557. The van der Waals surface area contributed by atoms with Crippen molar-refractivity contribution in [2.24, 2.45) is 56.7 Å². The molecule has 25 nitrogen and oxygen atoms in total. The van der Waals surface area contributed by atoms with E-state index in [4.69, 9.17) is 47.4 Å². The molecule has 5 saturated carbocycles. The Hall–Kier alpha value is -1.71. The molecule has 14 N–H and O–H groups in total. The molecule has 5 aliphatic carbocycles. The zero-order valence-electron chi connectivity index (χ0n) is 49.5. The van der Waals surface area contributed by atoms with Crippen molar-refractivity contribution in [3.63, 3.8) is 0 Å². The lowest BCUT2D eigenvalue weighted by Gasteiger charge is -2.73. The van der Waals surface area contributed by atoms with Crippen LogP contribution in [0.3, 0.4) is 0 Å². The third kappa shape index (κ3) is 10.7. The number of hydrogen-bond acceptors (Lipinski definition) is 25. The number of hydrogen-bond donors (Lipinski definition) is 14. The summed E-state index contributed by atoms with van der Waals surface area (Å²) in [6, 6.07) is 0. The average molecular weight is 1210 g/mol. The smallest absolute Gasteiger partial charge is 0.314 e. The Morgan fingerprint density at radius 2 is 1.12 bits per heavy atom. The molecule has 482 valence electrons. The summed E-state index contributed by atoms with van der Waals surface area (Å²) in [6.45, 7) is 19.5. The molecule has 0 unspecified atom stereocenters. The van der Waals surface area contributed by atoms with Gasteiger partial charge in [-0.2, -0.15) is 0 Å². The molecule has 34 atom stereocenters. The van der Waals surface area contributed by atoms with E-state index in [-0.39, 0.29) is 58.5 Å². The second-order valence-electron chi connectivity index (χ2n) is 28.1. The number of ether oxygens (including phenoxy) is 10. The molecular weight excluding hydrogens is 1110 g/mol. The summed E-state index contributed by atoms with van der Waals surface area (Å²) in [7, 11) is 0. The number of carbonyl (C=O) groups is 1. The van der Waals surface area contributed by atoms with Crippen molar-refractivity contribution in [2.75, 3.05) is 19.8 Å². The summed E-state index contributed by atoms with van der Waals surface area (Å²) in [6.07, 6.45) is -29.9. The van der Waals surface area contributed by atoms with Crippen LogP contribution >= 0.6 is 0 Å². The third-order valence-corrected chi connectivity index (χ3v) is 23.5. The monoisotopic (exact) mass is 1200 g/mol. The average Bonchev–Trinajstić information content (AvgIpc) is 1.04. The van der Waals surface area contributed by atoms with E-state index in [1.165, 1.54) is 13.8 Å². The Labute approximate surface area is 490 Å². The van der Waals surface area contributed by atoms with Gasteiger partial charge in [-0.1, -0.05) is 46.8 Å². The van der Waals surface area contributed by atoms with Crippen LogP contribution < -0.4 is 0 Å². The number of rotatable bonds is 13. The first-order chi connectivity index (χ1) is 39.4. The Bertz CT molecular complexity index is 2320. The summed E-state index contributed by atoms with van der Waals surface area (Å²) < 4.78 is 59.6. The van der Waals surface area contributed by atoms with Gasteiger partial charge >= 0.3 is 5.97 Å². The van der Waals surface area contributed by atoms with E-state index in [1.54, 1.807) is 0 Å². The van der Waals surface area contributed by atoms with Crippen LogP contribution in [0.25, 0.3) is 0 Å². The van der Waals surface area contributed by atoms with Crippen LogP contribution in [0, 0.1) is 56.7 Å². The first kappa shape index (κ1) is 65.2. The predicted molar refractivity (Wildman–Crippen MR) is 287 cm³/mol. The first-order valence-corrected chi connectivity index (χ1v) is 30.5. The van der Waals surface area contributed by atoms with Crippen LogP contribution in [0.15, 0.2) is 12.2 Å². The van der Waals surface area contributed by atoms with Crippen molar-refractivity contribution in [1.82, 2.24) is 0 Å². The zero-order valence-corrected chi connectivity index (χ0v) is 49.5. The number of aliphatic hydroxyl groups is 14. The molecule has 10 rings (SSSR count). The van der Waals surface area contributed by atoms with Crippen LogP contribution in [0.5, 0.6) is 0 Å². The molecule has 84 heavy (non-hydrogen) atoms. The number of allylic oxidation sites excluding steroid dienone is 1. The molecule has 0 radical (unpaired) electrons. The van der Waals surface area contributed by atoms with Crippen LogP contribution in [0.2, 0.25) is 0 Å². The predicted octanol–water partition coefficient (Wildman–Crippen LogP) is -1.66. The molecule has 0 spiro atoms. The largest absolute Gasteiger partial charge is 0.432 e. The van der Waals surface area contributed by atoms with Gasteiger partial charge in [0.25, 0.3) is 0 Å². The number of carbonyl (C=O) groups excluding carboxylic acids is 1. The van der Waals surface area contributed by atoms with Crippen LogP contribution in [0.4, 0.5) is 0 Å². The van der Waals surface area contributed by atoms with Gasteiger partial charge in [-0.15, -0.1) is 0 Å². The molecule has 0 amide bonds. The van der Waals surface area contributed by atoms with Crippen molar-refractivity contribution in [3.8, 4) is 0 Å². The first-order valence-electron chi connectivity index (χ1n) is 30.5. The second kappa shape index (κ2) is 24.2. The van der Waals surface area contributed by atoms with E-state index in [0.29, 0.717) is 32.1 Å². The Morgan fingerprint density at radius 3 is 1.74 bits per heavy atom. The minimum atomic E-state index is -1.89. The van der Waals surface area contributed by atoms with E-state index in [0.717, 1.165) is 37.7 Å². The highest BCUT2D eigenvalue weighted by atomic mass is 16.8. The molecule has 25 heteroatoms. The van der Waals surface area contributed by atoms with Crippen molar-refractivity contribution in [1.29, 1.82) is 0 Å². The molecule has 10 aliphatic rings. The van der Waals surface area contributed by atoms with E-state index < -0.39 is 177 Å². The molecular formula is C59H96O25. The summed E-state index contributed by atoms with van der Waals surface area (Å²) in [5.41, 5.74) is -1.03. The molecule has 5 saturated heterocycles. The Kier molecular flexibility index (Phi) is 18.8. The van der Waals surface area contributed by atoms with Gasteiger partial charge in [0.15, 0.2) is 25.2 Å². The van der Waals surface area contributed by atoms with Crippen LogP contribution in [0.1, 0.15) is 120 Å². The van der Waals surface area contributed by atoms with Gasteiger partial charge in [-0.25, -0.2) is 0 Å². The zero-order chi connectivity index (χ0) is 61.2. The molecule has 0 aromatic rings. The minimum Gasteiger partial charge on any atom is -0.432 e. The van der Waals surface area contributed by atoms with Gasteiger partial charge in [-0.05, 0) is 136 Å². The van der Waals surface area contributed by atoms with Gasteiger partial charge in [-0.3, -0.25) is 4.79 Å². The lowest BCUT2D eigenvalue weighted by molar-refractivity contribution is -0.365. The molecule has 5 aliphatic heterocycles. The van der Waals surface area contributed by atoms with Gasteiger partial charge in [0, 0.05) is 0 Å². The van der Waals surface area contributed by atoms with Crippen LogP contribution in [-0.4, -0.2) is 251 Å². The van der Waals surface area contributed by atoms with Gasteiger partial charge in [0.2, 0.25) is 6.29 Å². The standard InChI is InChI=1S/C59H96O25/c1-23(2)26-12-17-59(54(74)84-52-45(72)41(68)38(65)30(80-52)22-76-49-46(73)42(69)47(29(20-60)79-49)82-50-43(70)39(66)35(62)24(3)77-50)19-18-57(8)27(34(26)59)10-11-32-56(7)15-14-33(55(5,6)31(56)13-16-58(32,57)9)81-53-48(37(64)28(61)21-75-53)83-51-44(71)40(67)36(63)25(4)78-51/h24-53,60-73H,1,10-22H2,2-9H3/t24-,25-,26-,27+,28-,29+,30+,31-,32+,33-,34+,35-,36-,37-,38+,39+,40+,41-,42+,43+,44+,45+,46+,47+,48+,49+,50-,51-,52-,53-,56-,57+,58+,59-/m0/s1. The van der Waals surface area contributed by atoms with E-state index >= 15 is 4.79 Å². The Morgan fingerprint density at radius 1 is 0.536 bits per heavy atom. The fraction of sp³-hybridized carbons (Fsp3) is 0.949. The molecule has 10 fully saturated rings. The summed E-state index contributed by atoms with van der Waals surface area (Å²) >= 11 is 0. The van der Waals surface area contributed by atoms with Gasteiger partial charge < -0.3 is 119 Å². The topological polar surface area (TPSA) is 393 Å². The highest BCUT2D eigenvalue weighted by molar-refractivity contribution is 5.78. The summed E-state index contributed by atoms with van der Waals surface area (Å²) in [5.74, 6) is -0.265. The van der Waals surface area contributed by atoms with Crippen molar-refractivity contribution >= 4 is 5.97 Å². The lowest BCUT2D eigenvalue weighted by atomic mass is 9.32. The van der Waals surface area contributed by atoms with Crippen LogP contribution in [-0.2, 0) is 52.2 Å². The van der Waals surface area contributed by atoms with E-state index in [1.807, 2.05) is 6.92 Å². The number of esters is 1. The molecule has 5 heterocycles. The minimum absolute atomic E-state index is 0.0256. The van der Waals surface area contributed by atoms with E-state index in [2.05, 4.69) is 41.2 Å².